The Hall–Kier alpha value is -2.28. The number of esters is 1. The van der Waals surface area contributed by atoms with E-state index in [9.17, 15) is 14.4 Å². The number of anilines is 1. The van der Waals surface area contributed by atoms with Gasteiger partial charge >= 0.3 is 5.97 Å². The Morgan fingerprint density at radius 1 is 1.32 bits per heavy atom. The van der Waals surface area contributed by atoms with Crippen molar-refractivity contribution in [2.24, 2.45) is 0 Å². The van der Waals surface area contributed by atoms with Gasteiger partial charge in [-0.1, -0.05) is 6.92 Å². The minimum absolute atomic E-state index is 0.0843. The molecule has 0 bridgehead atoms. The number of hydrogen-bond donors (Lipinski definition) is 0. The number of carbonyl (C=O) groups is 3. The zero-order valence-electron chi connectivity index (χ0n) is 19.4. The molecular weight excluding hydrogens is 412 g/mol. The van der Waals surface area contributed by atoms with Crippen LogP contribution in [0.15, 0.2) is 17.0 Å². The first kappa shape index (κ1) is 23.4. The molecule has 0 N–H and O–H groups in total. The first-order valence-corrected chi connectivity index (χ1v) is 11.7. The monoisotopic (exact) mass is 444 g/mol. The minimum Gasteiger partial charge on any atom is -0.464 e. The van der Waals surface area contributed by atoms with Gasteiger partial charge in [-0.25, -0.2) is 4.79 Å². The summed E-state index contributed by atoms with van der Waals surface area (Å²) >= 11 is 0.873. The normalized spacial score (nSPS) is 22.7. The van der Waals surface area contributed by atoms with Crippen molar-refractivity contribution in [3.63, 3.8) is 0 Å². The molecule has 0 spiro atoms. The molecule has 1 fully saturated rings. The van der Waals surface area contributed by atoms with Gasteiger partial charge in [-0.2, -0.15) is 0 Å². The number of imide groups is 1. The van der Waals surface area contributed by atoms with Crippen molar-refractivity contribution in [1.82, 2.24) is 4.90 Å². The fourth-order valence-electron chi connectivity index (χ4n) is 4.73. The van der Waals surface area contributed by atoms with Crippen LogP contribution in [0.3, 0.4) is 0 Å². The van der Waals surface area contributed by atoms with E-state index in [1.165, 1.54) is 18.2 Å². The molecule has 0 aromatic heterocycles. The third-order valence-electron chi connectivity index (χ3n) is 6.21. The minimum atomic E-state index is -0.941. The Kier molecular flexibility index (Phi) is 6.56. The molecule has 2 aliphatic rings. The SMILES string of the molecule is CCOC(=O)C(C)N1C(=O)S/C(=C\c2cc3c(cc2C)N(CC)C(C)(C)CC3C)C1=O. The van der Waals surface area contributed by atoms with Crippen LogP contribution >= 0.6 is 11.8 Å². The van der Waals surface area contributed by atoms with E-state index in [0.717, 1.165) is 40.8 Å². The zero-order chi connectivity index (χ0) is 23.1. The molecule has 31 heavy (non-hydrogen) atoms. The molecule has 2 heterocycles. The fraction of sp³-hybridized carbons (Fsp3) is 0.542. The van der Waals surface area contributed by atoms with Gasteiger partial charge in [0.15, 0.2) is 0 Å². The summed E-state index contributed by atoms with van der Waals surface area (Å²) in [7, 11) is 0. The quantitative estimate of drug-likeness (QED) is 0.465. The molecule has 0 saturated carbocycles. The summed E-state index contributed by atoms with van der Waals surface area (Å²) < 4.78 is 4.98. The lowest BCUT2D eigenvalue weighted by Crippen LogP contribution is -2.48. The van der Waals surface area contributed by atoms with Crippen LogP contribution in [0.25, 0.3) is 6.08 Å². The molecule has 2 amide bonds. The lowest BCUT2D eigenvalue weighted by atomic mass is 9.79. The van der Waals surface area contributed by atoms with Crippen LogP contribution < -0.4 is 4.90 Å². The zero-order valence-corrected chi connectivity index (χ0v) is 20.3. The molecule has 1 aromatic rings. The number of amides is 2. The van der Waals surface area contributed by atoms with Gasteiger partial charge in [0.05, 0.1) is 11.5 Å². The summed E-state index contributed by atoms with van der Waals surface area (Å²) in [5.74, 6) is -0.636. The molecule has 1 aromatic carbocycles. The lowest BCUT2D eigenvalue weighted by Gasteiger charge is -2.47. The van der Waals surface area contributed by atoms with Crippen LogP contribution in [-0.4, -0.2) is 46.7 Å². The predicted molar refractivity (Wildman–Crippen MR) is 125 cm³/mol. The van der Waals surface area contributed by atoms with Gasteiger partial charge in [-0.3, -0.25) is 14.5 Å². The van der Waals surface area contributed by atoms with Crippen LogP contribution in [0, 0.1) is 6.92 Å². The van der Waals surface area contributed by atoms with Crippen LogP contribution in [0.2, 0.25) is 0 Å². The van der Waals surface area contributed by atoms with E-state index in [2.05, 4.69) is 44.7 Å². The Morgan fingerprint density at radius 3 is 2.61 bits per heavy atom. The number of carbonyl (C=O) groups excluding carboxylic acids is 3. The Morgan fingerprint density at radius 2 is 2.00 bits per heavy atom. The molecule has 6 nitrogen and oxygen atoms in total. The summed E-state index contributed by atoms with van der Waals surface area (Å²) in [6.07, 6.45) is 2.82. The third kappa shape index (κ3) is 4.25. The van der Waals surface area contributed by atoms with Gasteiger partial charge in [0.25, 0.3) is 11.1 Å². The van der Waals surface area contributed by atoms with Crippen LogP contribution in [0.1, 0.15) is 70.6 Å². The first-order valence-electron chi connectivity index (χ1n) is 10.9. The first-order chi connectivity index (χ1) is 14.5. The Bertz CT molecular complexity index is 953. The Balaban J connectivity index is 1.96. The van der Waals surface area contributed by atoms with Crippen molar-refractivity contribution in [1.29, 1.82) is 0 Å². The molecule has 2 unspecified atom stereocenters. The molecule has 2 atom stereocenters. The number of nitrogens with zero attached hydrogens (tertiary/aromatic N) is 2. The van der Waals surface area contributed by atoms with Crippen LogP contribution in [0.4, 0.5) is 10.5 Å². The second-order valence-corrected chi connectivity index (χ2v) is 9.90. The molecule has 0 aliphatic carbocycles. The fourth-order valence-corrected chi connectivity index (χ4v) is 5.63. The van der Waals surface area contributed by atoms with Gasteiger partial charge in [-0.15, -0.1) is 0 Å². The van der Waals surface area contributed by atoms with Crippen molar-refractivity contribution < 1.29 is 19.1 Å². The van der Waals surface area contributed by atoms with Gasteiger partial charge < -0.3 is 9.64 Å². The summed E-state index contributed by atoms with van der Waals surface area (Å²) in [6, 6.07) is 3.40. The maximum absolute atomic E-state index is 12.9. The van der Waals surface area contributed by atoms with E-state index in [-0.39, 0.29) is 12.1 Å². The van der Waals surface area contributed by atoms with Crippen LogP contribution in [0.5, 0.6) is 0 Å². The summed E-state index contributed by atoms with van der Waals surface area (Å²) in [6.45, 7) is 15.3. The number of aryl methyl sites for hydroxylation is 1. The number of ether oxygens (including phenoxy) is 1. The van der Waals surface area contributed by atoms with E-state index >= 15 is 0 Å². The summed E-state index contributed by atoms with van der Waals surface area (Å²) in [5, 5.41) is -0.445. The smallest absolute Gasteiger partial charge is 0.329 e. The highest BCUT2D eigenvalue weighted by Crippen LogP contribution is 2.45. The third-order valence-corrected chi connectivity index (χ3v) is 7.10. The standard InChI is InChI=1S/C24H32N2O4S/c1-8-25-19-10-14(3)17(11-18(19)15(4)13-24(25,6)7)12-20-21(27)26(23(29)31-20)16(5)22(28)30-9-2/h10-12,15-16H,8-9,13H2,1-7H3/b20-12-. The highest BCUT2D eigenvalue weighted by Gasteiger charge is 2.41. The second kappa shape index (κ2) is 8.69. The molecule has 168 valence electrons. The number of benzene rings is 1. The maximum atomic E-state index is 12.9. The van der Waals surface area contributed by atoms with E-state index in [1.807, 2.05) is 6.92 Å². The van der Waals surface area contributed by atoms with E-state index in [0.29, 0.717) is 10.8 Å². The van der Waals surface area contributed by atoms with Gasteiger partial charge in [0.2, 0.25) is 0 Å². The molecule has 0 radical (unpaired) electrons. The molecular formula is C24H32N2O4S. The number of fused-ring (bicyclic) bond motifs is 1. The highest BCUT2D eigenvalue weighted by atomic mass is 32.2. The number of thioether (sulfide) groups is 1. The van der Waals surface area contributed by atoms with E-state index < -0.39 is 23.2 Å². The second-order valence-electron chi connectivity index (χ2n) is 8.91. The number of rotatable bonds is 5. The average Bonchev–Trinajstić information content (AvgIpc) is 2.95. The van der Waals surface area contributed by atoms with Gasteiger partial charge in [-0.05, 0) is 101 Å². The molecule has 3 rings (SSSR count). The van der Waals surface area contributed by atoms with Gasteiger partial charge in [0, 0.05) is 17.8 Å². The van der Waals surface area contributed by atoms with Crippen molar-refractivity contribution in [2.75, 3.05) is 18.1 Å². The predicted octanol–water partition coefficient (Wildman–Crippen LogP) is 5.10. The molecule has 1 saturated heterocycles. The van der Waals surface area contributed by atoms with E-state index in [1.54, 1.807) is 13.0 Å². The Labute approximate surface area is 189 Å². The lowest BCUT2D eigenvalue weighted by molar-refractivity contribution is -0.150. The summed E-state index contributed by atoms with van der Waals surface area (Å²) in [5.41, 5.74) is 4.56. The molecule has 7 heteroatoms. The highest BCUT2D eigenvalue weighted by molar-refractivity contribution is 8.18. The largest absolute Gasteiger partial charge is 0.464 e. The van der Waals surface area contributed by atoms with Crippen molar-refractivity contribution in [3.8, 4) is 0 Å². The topological polar surface area (TPSA) is 66.9 Å². The van der Waals surface area contributed by atoms with Gasteiger partial charge in [0.1, 0.15) is 6.04 Å². The maximum Gasteiger partial charge on any atom is 0.329 e. The number of hydrogen-bond acceptors (Lipinski definition) is 6. The molecule has 2 aliphatic heterocycles. The van der Waals surface area contributed by atoms with Crippen molar-refractivity contribution in [3.05, 3.63) is 33.7 Å². The van der Waals surface area contributed by atoms with Crippen molar-refractivity contribution >= 4 is 40.6 Å². The van der Waals surface area contributed by atoms with Crippen LogP contribution in [-0.2, 0) is 14.3 Å². The average molecular weight is 445 g/mol. The summed E-state index contributed by atoms with van der Waals surface area (Å²) in [4.78, 5) is 41.2. The van der Waals surface area contributed by atoms with Crippen molar-refractivity contribution in [2.45, 2.75) is 72.4 Å². The van der Waals surface area contributed by atoms with E-state index in [4.69, 9.17) is 4.74 Å².